The number of nitrogens with zero attached hydrogens (tertiary/aromatic N) is 4. The number of primary amides is 1. The number of hydrogen-bond donors (Lipinski definition) is 2. The molecule has 2 aromatic heterocycles. The Labute approximate surface area is 287 Å². The van der Waals surface area contributed by atoms with Gasteiger partial charge in [-0.25, -0.2) is 14.8 Å². The van der Waals surface area contributed by atoms with Gasteiger partial charge in [-0.05, 0) is 11.1 Å². The van der Waals surface area contributed by atoms with E-state index < -0.39 is 11.9 Å². The summed E-state index contributed by atoms with van der Waals surface area (Å²) >= 11 is 3.03. The first-order valence-electron chi connectivity index (χ1n) is 15.1. The fraction of sp³-hybridized carbons (Fsp3) is 0.105. The Hall–Kier alpha value is -5.58. The number of carbonyl (C=O) groups is 2. The number of thiazole rings is 2. The van der Waals surface area contributed by atoms with Crippen molar-refractivity contribution in [2.75, 3.05) is 0 Å². The third-order valence-corrected chi connectivity index (χ3v) is 8.68. The van der Waals surface area contributed by atoms with E-state index in [0.29, 0.717) is 25.1 Å². The lowest BCUT2D eigenvalue weighted by molar-refractivity contribution is -0.129. The number of carbonyl (C=O) groups excluding carboxylic acids is 1. The van der Waals surface area contributed by atoms with Crippen LogP contribution in [0.1, 0.15) is 21.1 Å². The SMILES string of the molecule is NC(=O)C(Cc1ccccc1)=NCc1nc(-c2ccccc2)cs1.O=C(O)C(Cc1ccccc1)=NCc1nc(-c2ccccc2)cs1. The van der Waals surface area contributed by atoms with Crippen LogP contribution in [0.4, 0.5) is 0 Å². The molecule has 8 nitrogen and oxygen atoms in total. The van der Waals surface area contributed by atoms with Crippen molar-refractivity contribution in [3.8, 4) is 22.5 Å². The summed E-state index contributed by atoms with van der Waals surface area (Å²) in [7, 11) is 0. The zero-order valence-corrected chi connectivity index (χ0v) is 27.6. The number of benzene rings is 4. The normalized spacial score (nSPS) is 11.4. The van der Waals surface area contributed by atoms with E-state index in [2.05, 4.69) is 20.0 Å². The molecule has 2 heterocycles. The standard InChI is InChI=1S/C19H17N3OS.C19H16N2O2S/c20-19(23)16(11-14-7-3-1-4-8-14)21-12-18-22-17(13-24-18)15-9-5-2-6-10-15;22-19(23)16(11-14-7-3-1-4-8-14)20-12-18-21-17(13-24-18)15-9-5-2-6-10-15/h1-10,13H,11-12H2,(H2,20,23);1-10,13H,11-12H2,(H,22,23). The van der Waals surface area contributed by atoms with Crippen molar-refractivity contribution in [1.82, 2.24) is 9.97 Å². The van der Waals surface area contributed by atoms with E-state index in [0.717, 1.165) is 43.7 Å². The first-order valence-corrected chi connectivity index (χ1v) is 16.9. The predicted molar refractivity (Wildman–Crippen MR) is 195 cm³/mol. The van der Waals surface area contributed by atoms with Crippen LogP contribution in [0.3, 0.4) is 0 Å². The van der Waals surface area contributed by atoms with Crippen molar-refractivity contribution in [3.63, 3.8) is 0 Å². The number of aliphatic imine (C=N–C) groups is 2. The van der Waals surface area contributed by atoms with Crippen molar-refractivity contribution in [2.45, 2.75) is 25.9 Å². The lowest BCUT2D eigenvalue weighted by atomic mass is 10.1. The summed E-state index contributed by atoms with van der Waals surface area (Å²) in [6.07, 6.45) is 0.750. The van der Waals surface area contributed by atoms with Gasteiger partial charge in [-0.3, -0.25) is 14.8 Å². The van der Waals surface area contributed by atoms with Gasteiger partial charge in [-0.1, -0.05) is 121 Å². The molecular weight excluding hydrogens is 639 g/mol. The van der Waals surface area contributed by atoms with E-state index in [1.807, 2.05) is 132 Å². The number of nitrogens with two attached hydrogens (primary N) is 1. The molecule has 1 amide bonds. The number of rotatable bonds is 12. The van der Waals surface area contributed by atoms with Crippen LogP contribution < -0.4 is 5.73 Å². The third kappa shape index (κ3) is 10.2. The van der Waals surface area contributed by atoms with Crippen LogP contribution in [-0.4, -0.2) is 38.4 Å². The fourth-order valence-electron chi connectivity index (χ4n) is 4.57. The summed E-state index contributed by atoms with van der Waals surface area (Å²) in [6, 6.07) is 39.1. The minimum absolute atomic E-state index is 0.151. The lowest BCUT2D eigenvalue weighted by Gasteiger charge is -2.02. The molecule has 0 aliphatic carbocycles. The molecule has 0 aliphatic rings. The molecule has 6 rings (SSSR count). The Bertz CT molecular complexity index is 1830. The van der Waals surface area contributed by atoms with Gasteiger partial charge in [0.1, 0.15) is 21.4 Å². The molecule has 240 valence electrons. The summed E-state index contributed by atoms with van der Waals surface area (Å²) in [5.41, 5.74) is 11.9. The zero-order chi connectivity index (χ0) is 33.6. The monoisotopic (exact) mass is 671 g/mol. The van der Waals surface area contributed by atoms with Gasteiger partial charge in [-0.2, -0.15) is 0 Å². The van der Waals surface area contributed by atoms with Gasteiger partial charge in [0, 0.05) is 34.7 Å². The molecule has 0 fully saturated rings. The van der Waals surface area contributed by atoms with Crippen molar-refractivity contribution >= 4 is 46.0 Å². The Morgan fingerprint density at radius 2 is 0.958 bits per heavy atom. The topological polar surface area (TPSA) is 131 Å². The summed E-state index contributed by atoms with van der Waals surface area (Å²) in [5.74, 6) is -1.47. The molecule has 0 spiro atoms. The molecule has 0 saturated carbocycles. The number of hydrogen-bond acceptors (Lipinski definition) is 8. The van der Waals surface area contributed by atoms with Gasteiger partial charge in [0.2, 0.25) is 0 Å². The Kier molecular flexibility index (Phi) is 12.2. The molecule has 4 aromatic carbocycles. The first kappa shape index (κ1) is 33.8. The van der Waals surface area contributed by atoms with Crippen LogP contribution in [0, 0.1) is 0 Å². The second-order valence-electron chi connectivity index (χ2n) is 10.5. The minimum Gasteiger partial charge on any atom is -0.477 e. The van der Waals surface area contributed by atoms with E-state index in [1.165, 1.54) is 22.7 Å². The highest BCUT2D eigenvalue weighted by Crippen LogP contribution is 2.23. The quantitative estimate of drug-likeness (QED) is 0.130. The molecule has 0 radical (unpaired) electrons. The minimum atomic E-state index is -0.987. The van der Waals surface area contributed by atoms with E-state index >= 15 is 0 Å². The van der Waals surface area contributed by atoms with Crippen molar-refractivity contribution in [2.24, 2.45) is 15.7 Å². The van der Waals surface area contributed by atoms with Gasteiger partial charge in [0.25, 0.3) is 5.91 Å². The maximum absolute atomic E-state index is 11.6. The first-order chi connectivity index (χ1) is 23.4. The van der Waals surface area contributed by atoms with E-state index in [1.54, 1.807) is 0 Å². The van der Waals surface area contributed by atoms with Crippen LogP contribution in [0.15, 0.2) is 142 Å². The number of aromatic nitrogens is 2. The van der Waals surface area contributed by atoms with Crippen LogP contribution in [-0.2, 0) is 35.5 Å². The largest absolute Gasteiger partial charge is 0.477 e. The van der Waals surface area contributed by atoms with Crippen LogP contribution in [0.2, 0.25) is 0 Å². The van der Waals surface area contributed by atoms with Gasteiger partial charge < -0.3 is 10.8 Å². The molecule has 0 atom stereocenters. The molecule has 48 heavy (non-hydrogen) atoms. The van der Waals surface area contributed by atoms with Gasteiger partial charge in [0.15, 0.2) is 0 Å². The Morgan fingerprint density at radius 3 is 1.35 bits per heavy atom. The highest BCUT2D eigenvalue weighted by atomic mass is 32.1. The summed E-state index contributed by atoms with van der Waals surface area (Å²) in [6.45, 7) is 0.647. The van der Waals surface area contributed by atoms with Crippen LogP contribution in [0.5, 0.6) is 0 Å². The van der Waals surface area contributed by atoms with Gasteiger partial charge in [0.05, 0.1) is 24.5 Å². The van der Waals surface area contributed by atoms with Crippen molar-refractivity contribution in [3.05, 3.63) is 153 Å². The Balaban J connectivity index is 0.000000188. The maximum atomic E-state index is 11.6. The lowest BCUT2D eigenvalue weighted by Crippen LogP contribution is -2.25. The number of amides is 1. The average molecular weight is 672 g/mol. The smallest absolute Gasteiger partial charge is 0.350 e. The van der Waals surface area contributed by atoms with Crippen molar-refractivity contribution < 1.29 is 14.7 Å². The maximum Gasteiger partial charge on any atom is 0.350 e. The van der Waals surface area contributed by atoms with Crippen LogP contribution in [0.25, 0.3) is 22.5 Å². The number of carboxylic acid groups (broad SMARTS) is 1. The van der Waals surface area contributed by atoms with Gasteiger partial charge in [-0.15, -0.1) is 22.7 Å². The second kappa shape index (κ2) is 17.4. The molecule has 0 saturated heterocycles. The number of carboxylic acids is 1. The summed E-state index contributed by atoms with van der Waals surface area (Å²) in [4.78, 5) is 40.8. The fourth-order valence-corrected chi connectivity index (χ4v) is 6.03. The van der Waals surface area contributed by atoms with Gasteiger partial charge >= 0.3 is 5.97 Å². The third-order valence-electron chi connectivity index (χ3n) is 7.01. The summed E-state index contributed by atoms with van der Waals surface area (Å²) < 4.78 is 0. The van der Waals surface area contributed by atoms with E-state index in [-0.39, 0.29) is 12.3 Å². The zero-order valence-electron chi connectivity index (χ0n) is 26.0. The molecule has 0 aliphatic heterocycles. The molecule has 10 heteroatoms. The molecule has 6 aromatic rings. The predicted octanol–water partition coefficient (Wildman–Crippen LogP) is 7.56. The highest BCUT2D eigenvalue weighted by Gasteiger charge is 2.12. The average Bonchev–Trinajstić information content (AvgIpc) is 3.81. The van der Waals surface area contributed by atoms with Crippen LogP contribution >= 0.6 is 22.7 Å². The highest BCUT2D eigenvalue weighted by molar-refractivity contribution is 7.10. The second-order valence-corrected chi connectivity index (χ2v) is 12.4. The Morgan fingerprint density at radius 1 is 0.583 bits per heavy atom. The molecule has 3 N–H and O–H groups in total. The van der Waals surface area contributed by atoms with E-state index in [9.17, 15) is 14.7 Å². The summed E-state index contributed by atoms with van der Waals surface area (Å²) in [5, 5.41) is 15.0. The molecule has 0 unspecified atom stereocenters. The number of aliphatic carboxylic acids is 1. The molecule has 0 bridgehead atoms. The van der Waals surface area contributed by atoms with Crippen molar-refractivity contribution in [1.29, 1.82) is 0 Å². The molecular formula is C38H33N5O3S2. The van der Waals surface area contributed by atoms with E-state index in [4.69, 9.17) is 5.73 Å².